The minimum atomic E-state index is -3.40. The van der Waals surface area contributed by atoms with Crippen molar-refractivity contribution in [1.82, 2.24) is 5.32 Å². The van der Waals surface area contributed by atoms with Crippen LogP contribution in [0.15, 0.2) is 17.0 Å². The van der Waals surface area contributed by atoms with Crippen LogP contribution >= 0.6 is 0 Å². The first-order chi connectivity index (χ1) is 9.32. The first-order valence-electron chi connectivity index (χ1n) is 6.45. The zero-order chi connectivity index (χ0) is 14.9. The van der Waals surface area contributed by atoms with Crippen LogP contribution in [0.5, 0.6) is 0 Å². The van der Waals surface area contributed by atoms with E-state index in [0.29, 0.717) is 5.56 Å². The van der Waals surface area contributed by atoms with Crippen molar-refractivity contribution in [3.05, 3.63) is 23.3 Å². The summed E-state index contributed by atoms with van der Waals surface area (Å²) in [7, 11) is -3.40. The highest BCUT2D eigenvalue weighted by atomic mass is 32.2. The van der Waals surface area contributed by atoms with Gasteiger partial charge >= 0.3 is 0 Å². The van der Waals surface area contributed by atoms with Crippen molar-refractivity contribution in [3.8, 4) is 0 Å². The van der Waals surface area contributed by atoms with Gasteiger partial charge < -0.3 is 16.8 Å². The second-order valence-corrected chi connectivity index (χ2v) is 7.08. The van der Waals surface area contributed by atoms with Gasteiger partial charge in [-0.3, -0.25) is 4.79 Å². The fraction of sp³-hybridized carbons (Fsp3) is 0.462. The van der Waals surface area contributed by atoms with Crippen LogP contribution in [0.3, 0.4) is 0 Å². The summed E-state index contributed by atoms with van der Waals surface area (Å²) >= 11 is 0. The third kappa shape index (κ3) is 2.78. The molecule has 0 saturated carbocycles. The Hall–Kier alpha value is -1.60. The highest BCUT2D eigenvalue weighted by Crippen LogP contribution is 2.36. The number of sulfone groups is 1. The summed E-state index contributed by atoms with van der Waals surface area (Å²) < 4.78 is 23.9. The maximum atomic E-state index is 11.9. The van der Waals surface area contributed by atoms with Crippen LogP contribution < -0.4 is 16.8 Å². The number of carbonyl (C=O) groups excluding carboxylic acids is 1. The SMILES string of the molecule is CS(=O)(=O)c1ccc(C(N)=O)c(N)c1C1CCNCC1. The maximum Gasteiger partial charge on any atom is 0.250 e. The van der Waals surface area contributed by atoms with Gasteiger partial charge in [0.15, 0.2) is 9.84 Å². The van der Waals surface area contributed by atoms with Crippen molar-refractivity contribution >= 4 is 21.4 Å². The van der Waals surface area contributed by atoms with E-state index >= 15 is 0 Å². The van der Waals surface area contributed by atoms with E-state index in [1.54, 1.807) is 0 Å². The minimum absolute atomic E-state index is 0.0280. The molecule has 2 rings (SSSR count). The van der Waals surface area contributed by atoms with Crippen molar-refractivity contribution in [3.63, 3.8) is 0 Å². The standard InChI is InChI=1S/C13H19N3O3S/c1-20(18,19)10-3-2-9(13(15)17)12(14)11(10)8-4-6-16-7-5-8/h2-3,8,16H,4-7,14H2,1H3,(H2,15,17). The molecule has 1 saturated heterocycles. The molecule has 1 aliphatic heterocycles. The molecule has 7 heteroatoms. The van der Waals surface area contributed by atoms with Gasteiger partial charge in [-0.05, 0) is 49.5 Å². The van der Waals surface area contributed by atoms with Crippen molar-refractivity contribution in [2.24, 2.45) is 5.73 Å². The van der Waals surface area contributed by atoms with Gasteiger partial charge in [-0.2, -0.15) is 0 Å². The number of nitrogens with one attached hydrogen (secondary N) is 1. The molecule has 6 nitrogen and oxygen atoms in total. The molecular formula is C13H19N3O3S. The van der Waals surface area contributed by atoms with Gasteiger partial charge in [0.05, 0.1) is 10.5 Å². The van der Waals surface area contributed by atoms with Crippen LogP contribution in [0.4, 0.5) is 5.69 Å². The van der Waals surface area contributed by atoms with Gasteiger partial charge in [0.1, 0.15) is 0 Å². The molecule has 0 unspecified atom stereocenters. The molecule has 1 heterocycles. The lowest BCUT2D eigenvalue weighted by molar-refractivity contribution is 0.100. The Kier molecular flexibility index (Phi) is 4.01. The maximum absolute atomic E-state index is 11.9. The molecule has 1 fully saturated rings. The summed E-state index contributed by atoms with van der Waals surface area (Å²) in [6, 6.07) is 2.82. The average molecular weight is 297 g/mol. The first kappa shape index (κ1) is 14.8. The van der Waals surface area contributed by atoms with E-state index in [1.165, 1.54) is 12.1 Å². The predicted octanol–water partition coefficient (Wildman–Crippen LogP) is 0.238. The Morgan fingerprint density at radius 1 is 1.30 bits per heavy atom. The molecule has 0 aliphatic carbocycles. The van der Waals surface area contributed by atoms with E-state index in [-0.39, 0.29) is 22.1 Å². The molecular weight excluding hydrogens is 278 g/mol. The van der Waals surface area contributed by atoms with Crippen LogP contribution in [0.2, 0.25) is 0 Å². The number of piperidine rings is 1. The number of hydrogen-bond acceptors (Lipinski definition) is 5. The van der Waals surface area contributed by atoms with Crippen molar-refractivity contribution in [2.45, 2.75) is 23.7 Å². The molecule has 1 aromatic rings. The molecule has 110 valence electrons. The van der Waals surface area contributed by atoms with E-state index < -0.39 is 15.7 Å². The Balaban J connectivity index is 2.65. The second-order valence-electron chi connectivity index (χ2n) is 5.10. The average Bonchev–Trinajstić information content (AvgIpc) is 2.37. The normalized spacial score (nSPS) is 17.1. The van der Waals surface area contributed by atoms with E-state index in [0.717, 1.165) is 32.2 Å². The summed E-state index contributed by atoms with van der Waals surface area (Å²) in [5.74, 6) is -0.613. The largest absolute Gasteiger partial charge is 0.398 e. The third-order valence-electron chi connectivity index (χ3n) is 3.66. The molecule has 1 aliphatic rings. The molecule has 0 aromatic heterocycles. The Labute approximate surface area is 118 Å². The van der Waals surface area contributed by atoms with Crippen LogP contribution in [0.25, 0.3) is 0 Å². The number of rotatable bonds is 3. The molecule has 5 N–H and O–H groups in total. The molecule has 0 spiro atoms. The number of anilines is 1. The summed E-state index contributed by atoms with van der Waals surface area (Å²) in [4.78, 5) is 11.6. The third-order valence-corrected chi connectivity index (χ3v) is 4.81. The van der Waals surface area contributed by atoms with Crippen LogP contribution in [-0.4, -0.2) is 33.7 Å². The molecule has 0 atom stereocenters. The van der Waals surface area contributed by atoms with E-state index in [9.17, 15) is 13.2 Å². The van der Waals surface area contributed by atoms with Crippen LogP contribution in [-0.2, 0) is 9.84 Å². The van der Waals surface area contributed by atoms with Gasteiger partial charge in [-0.15, -0.1) is 0 Å². The van der Waals surface area contributed by atoms with E-state index in [1.807, 2.05) is 0 Å². The number of carbonyl (C=O) groups is 1. The first-order valence-corrected chi connectivity index (χ1v) is 8.34. The molecule has 0 bridgehead atoms. The highest BCUT2D eigenvalue weighted by molar-refractivity contribution is 7.90. The smallest absolute Gasteiger partial charge is 0.250 e. The van der Waals surface area contributed by atoms with Gasteiger partial charge in [0.2, 0.25) is 0 Å². The molecule has 0 radical (unpaired) electrons. The zero-order valence-corrected chi connectivity index (χ0v) is 12.2. The van der Waals surface area contributed by atoms with Gasteiger partial charge in [0, 0.05) is 11.9 Å². The summed E-state index contributed by atoms with van der Waals surface area (Å²) in [5, 5.41) is 3.22. The minimum Gasteiger partial charge on any atom is -0.398 e. The number of hydrogen-bond donors (Lipinski definition) is 3. The molecule has 1 aromatic carbocycles. The van der Waals surface area contributed by atoms with E-state index in [2.05, 4.69) is 5.32 Å². The predicted molar refractivity (Wildman–Crippen MR) is 77.3 cm³/mol. The van der Waals surface area contributed by atoms with Crippen molar-refractivity contribution in [2.75, 3.05) is 25.1 Å². The topological polar surface area (TPSA) is 115 Å². The fourth-order valence-corrected chi connectivity index (χ4v) is 3.68. The quantitative estimate of drug-likeness (QED) is 0.691. The molecule has 1 amide bonds. The van der Waals surface area contributed by atoms with Gasteiger partial charge in [-0.25, -0.2) is 8.42 Å². The van der Waals surface area contributed by atoms with Crippen LogP contribution in [0.1, 0.15) is 34.7 Å². The number of benzene rings is 1. The Bertz CT molecular complexity index is 635. The lowest BCUT2D eigenvalue weighted by Gasteiger charge is -2.26. The van der Waals surface area contributed by atoms with E-state index in [4.69, 9.17) is 11.5 Å². The number of nitrogen functional groups attached to an aromatic ring is 1. The summed E-state index contributed by atoms with van der Waals surface area (Å²) in [5.41, 5.74) is 12.3. The highest BCUT2D eigenvalue weighted by Gasteiger charge is 2.27. The summed E-state index contributed by atoms with van der Waals surface area (Å²) in [6.45, 7) is 1.60. The number of nitrogens with two attached hydrogens (primary N) is 2. The molecule has 20 heavy (non-hydrogen) atoms. The fourth-order valence-electron chi connectivity index (χ4n) is 2.69. The Morgan fingerprint density at radius 3 is 2.40 bits per heavy atom. The van der Waals surface area contributed by atoms with Crippen LogP contribution in [0, 0.1) is 0 Å². The monoisotopic (exact) mass is 297 g/mol. The Morgan fingerprint density at radius 2 is 1.90 bits per heavy atom. The number of amides is 1. The zero-order valence-electron chi connectivity index (χ0n) is 11.3. The van der Waals surface area contributed by atoms with Crippen molar-refractivity contribution in [1.29, 1.82) is 0 Å². The second kappa shape index (κ2) is 5.41. The number of primary amides is 1. The van der Waals surface area contributed by atoms with Gasteiger partial charge in [0.25, 0.3) is 5.91 Å². The van der Waals surface area contributed by atoms with Gasteiger partial charge in [-0.1, -0.05) is 0 Å². The van der Waals surface area contributed by atoms with Crippen molar-refractivity contribution < 1.29 is 13.2 Å². The lowest BCUT2D eigenvalue weighted by atomic mass is 9.87. The lowest BCUT2D eigenvalue weighted by Crippen LogP contribution is -2.28. The summed E-state index contributed by atoms with van der Waals surface area (Å²) in [6.07, 6.45) is 2.72.